The molecule has 0 spiro atoms. The minimum absolute atomic E-state index is 0.000259. The highest BCUT2D eigenvalue weighted by Crippen LogP contribution is 2.28. The number of benzene rings is 3. The zero-order valence-corrected chi connectivity index (χ0v) is 27.0. The van der Waals surface area contributed by atoms with E-state index in [1.54, 1.807) is 61.5 Å². The van der Waals surface area contributed by atoms with E-state index < -0.39 is 28.5 Å². The molecule has 0 aromatic heterocycles. The van der Waals surface area contributed by atoms with Crippen LogP contribution >= 0.6 is 39.1 Å². The second-order valence-electron chi connectivity index (χ2n) is 9.49. The fourth-order valence-electron chi connectivity index (χ4n) is 3.96. The van der Waals surface area contributed by atoms with Crippen molar-refractivity contribution in [2.24, 2.45) is 0 Å². The Morgan fingerprint density at radius 1 is 0.976 bits per heavy atom. The minimum atomic E-state index is -4.20. The molecule has 41 heavy (non-hydrogen) atoms. The lowest BCUT2D eigenvalue weighted by Crippen LogP contribution is -2.52. The summed E-state index contributed by atoms with van der Waals surface area (Å²) in [5.74, 6) is -0.430. The normalized spacial score (nSPS) is 12.1. The van der Waals surface area contributed by atoms with Crippen molar-refractivity contribution in [3.05, 3.63) is 86.8 Å². The van der Waals surface area contributed by atoms with Crippen molar-refractivity contribution in [1.29, 1.82) is 0 Å². The van der Waals surface area contributed by atoms with Gasteiger partial charge in [-0.2, -0.15) is 0 Å². The standard InChI is InChI=1S/C29H32BrCl2N3O5S/c1-5-40-25-12-10-24(11-13-25)35(41(38,39)26-14-7-22(30)8-15-26)18-28(36)34(20(4)29(37)33-19(2)3)17-21-6-9-23(31)16-27(21)32/h6-16,19-20H,5,17-18H2,1-4H3,(H,33,37). The van der Waals surface area contributed by atoms with E-state index in [2.05, 4.69) is 21.2 Å². The molecule has 3 aromatic carbocycles. The number of rotatable bonds is 12. The van der Waals surface area contributed by atoms with Gasteiger partial charge in [-0.3, -0.25) is 13.9 Å². The van der Waals surface area contributed by atoms with Gasteiger partial charge in [-0.1, -0.05) is 45.2 Å². The van der Waals surface area contributed by atoms with Gasteiger partial charge >= 0.3 is 0 Å². The Hall–Kier alpha value is -2.79. The SMILES string of the molecule is CCOc1ccc(N(CC(=O)N(Cc2ccc(Cl)cc2Cl)C(C)C(=O)NC(C)C)S(=O)(=O)c2ccc(Br)cc2)cc1. The Balaban J connectivity index is 2.05. The third-order valence-corrected chi connectivity index (χ3v) is 8.97. The average molecular weight is 685 g/mol. The molecule has 0 radical (unpaired) electrons. The minimum Gasteiger partial charge on any atom is -0.494 e. The first-order valence-electron chi connectivity index (χ1n) is 12.9. The number of sulfonamides is 1. The van der Waals surface area contributed by atoms with E-state index in [4.69, 9.17) is 27.9 Å². The number of hydrogen-bond donors (Lipinski definition) is 1. The quantitative estimate of drug-likeness (QED) is 0.242. The van der Waals surface area contributed by atoms with E-state index in [9.17, 15) is 18.0 Å². The molecule has 0 saturated carbocycles. The van der Waals surface area contributed by atoms with Crippen LogP contribution in [0, 0.1) is 0 Å². The second-order valence-corrected chi connectivity index (χ2v) is 13.1. The zero-order chi connectivity index (χ0) is 30.3. The van der Waals surface area contributed by atoms with Gasteiger partial charge in [-0.25, -0.2) is 8.42 Å². The Morgan fingerprint density at radius 2 is 1.61 bits per heavy atom. The third kappa shape index (κ3) is 8.61. The number of ether oxygens (including phenoxy) is 1. The number of amides is 2. The number of carbonyl (C=O) groups excluding carboxylic acids is 2. The summed E-state index contributed by atoms with van der Waals surface area (Å²) in [5, 5.41) is 3.55. The smallest absolute Gasteiger partial charge is 0.264 e. The fraction of sp³-hybridized carbons (Fsp3) is 0.310. The van der Waals surface area contributed by atoms with Crippen molar-refractivity contribution in [2.75, 3.05) is 17.5 Å². The lowest BCUT2D eigenvalue weighted by molar-refractivity contribution is -0.139. The maximum atomic E-state index is 14.0. The Bertz CT molecular complexity index is 1470. The summed E-state index contributed by atoms with van der Waals surface area (Å²) in [4.78, 5) is 28.3. The molecule has 3 aromatic rings. The van der Waals surface area contributed by atoms with Gasteiger partial charge in [0.05, 0.1) is 17.2 Å². The Kier molecular flexibility index (Phi) is 11.5. The average Bonchev–Trinajstić information content (AvgIpc) is 2.91. The van der Waals surface area contributed by atoms with E-state index in [-0.39, 0.29) is 29.1 Å². The molecule has 1 N–H and O–H groups in total. The Morgan fingerprint density at radius 3 is 2.17 bits per heavy atom. The Labute approximate surface area is 259 Å². The maximum Gasteiger partial charge on any atom is 0.264 e. The maximum absolute atomic E-state index is 14.0. The van der Waals surface area contributed by atoms with Crippen molar-refractivity contribution in [2.45, 2.75) is 51.2 Å². The van der Waals surface area contributed by atoms with Crippen molar-refractivity contribution in [3.63, 3.8) is 0 Å². The van der Waals surface area contributed by atoms with Gasteiger partial charge in [0.2, 0.25) is 11.8 Å². The molecule has 0 fully saturated rings. The first kappa shape index (κ1) is 32.7. The lowest BCUT2D eigenvalue weighted by Gasteiger charge is -2.32. The number of halogens is 3. The largest absolute Gasteiger partial charge is 0.494 e. The fourth-order valence-corrected chi connectivity index (χ4v) is 6.11. The first-order chi connectivity index (χ1) is 19.3. The summed E-state index contributed by atoms with van der Waals surface area (Å²) in [7, 11) is -4.20. The third-order valence-electron chi connectivity index (χ3n) is 6.07. The molecule has 0 saturated heterocycles. The zero-order valence-electron chi connectivity index (χ0n) is 23.1. The molecule has 0 heterocycles. The number of nitrogens with zero attached hydrogens (tertiary/aromatic N) is 2. The van der Waals surface area contributed by atoms with Crippen LogP contribution < -0.4 is 14.4 Å². The molecule has 1 atom stereocenters. The summed E-state index contributed by atoms with van der Waals surface area (Å²) in [6.45, 7) is 6.88. The highest BCUT2D eigenvalue weighted by atomic mass is 79.9. The van der Waals surface area contributed by atoms with Crippen LogP contribution in [0.25, 0.3) is 0 Å². The van der Waals surface area contributed by atoms with E-state index in [0.717, 1.165) is 4.31 Å². The van der Waals surface area contributed by atoms with Crippen LogP contribution in [-0.4, -0.2) is 50.4 Å². The molecule has 2 amide bonds. The van der Waals surface area contributed by atoms with Gasteiger partial charge < -0.3 is 15.0 Å². The predicted octanol–water partition coefficient (Wildman–Crippen LogP) is 6.29. The molecule has 8 nitrogen and oxygen atoms in total. The molecule has 3 rings (SSSR count). The first-order valence-corrected chi connectivity index (χ1v) is 15.9. The van der Waals surface area contributed by atoms with E-state index >= 15 is 0 Å². The van der Waals surface area contributed by atoms with E-state index in [0.29, 0.717) is 32.4 Å². The number of hydrogen-bond acceptors (Lipinski definition) is 5. The van der Waals surface area contributed by atoms with Crippen LogP contribution in [0.1, 0.15) is 33.3 Å². The van der Waals surface area contributed by atoms with Gasteiger partial charge in [-0.05, 0) is 93.9 Å². The second kappa shape index (κ2) is 14.4. The van der Waals surface area contributed by atoms with E-state index in [1.807, 2.05) is 20.8 Å². The van der Waals surface area contributed by atoms with Crippen LogP contribution in [0.5, 0.6) is 5.75 Å². The predicted molar refractivity (Wildman–Crippen MR) is 166 cm³/mol. The van der Waals surface area contributed by atoms with Crippen LogP contribution in [0.4, 0.5) is 5.69 Å². The molecule has 0 aliphatic carbocycles. The molecule has 0 aliphatic heterocycles. The van der Waals surface area contributed by atoms with Gasteiger partial charge in [0.25, 0.3) is 10.0 Å². The van der Waals surface area contributed by atoms with Gasteiger partial charge in [0.15, 0.2) is 0 Å². The summed E-state index contributed by atoms with van der Waals surface area (Å²) < 4.78 is 35.0. The van der Waals surface area contributed by atoms with Crippen molar-refractivity contribution in [3.8, 4) is 5.75 Å². The van der Waals surface area contributed by atoms with Crippen LogP contribution in [0.3, 0.4) is 0 Å². The van der Waals surface area contributed by atoms with Crippen molar-refractivity contribution in [1.82, 2.24) is 10.2 Å². The van der Waals surface area contributed by atoms with Crippen molar-refractivity contribution < 1.29 is 22.7 Å². The molecular weight excluding hydrogens is 653 g/mol. The highest BCUT2D eigenvalue weighted by Gasteiger charge is 2.33. The number of nitrogens with one attached hydrogen (secondary N) is 1. The molecule has 1 unspecified atom stereocenters. The number of anilines is 1. The van der Waals surface area contributed by atoms with Crippen LogP contribution in [0.2, 0.25) is 10.0 Å². The van der Waals surface area contributed by atoms with Gasteiger partial charge in [0, 0.05) is 27.1 Å². The summed E-state index contributed by atoms with van der Waals surface area (Å²) in [5.41, 5.74) is 0.811. The van der Waals surface area contributed by atoms with E-state index in [1.165, 1.54) is 17.0 Å². The number of carbonyl (C=O) groups is 2. The highest BCUT2D eigenvalue weighted by molar-refractivity contribution is 9.10. The monoisotopic (exact) mass is 683 g/mol. The topological polar surface area (TPSA) is 96.0 Å². The summed E-state index contributed by atoms with van der Waals surface area (Å²) in [6.07, 6.45) is 0. The molecule has 0 bridgehead atoms. The molecule has 12 heteroatoms. The molecule has 0 aliphatic rings. The lowest BCUT2D eigenvalue weighted by atomic mass is 10.1. The van der Waals surface area contributed by atoms with Crippen molar-refractivity contribution >= 4 is 66.7 Å². The molecule has 220 valence electrons. The van der Waals surface area contributed by atoms with Gasteiger partial charge in [0.1, 0.15) is 18.3 Å². The van der Waals surface area contributed by atoms with Crippen LogP contribution in [0.15, 0.2) is 76.1 Å². The van der Waals surface area contributed by atoms with Gasteiger partial charge in [-0.15, -0.1) is 0 Å². The van der Waals surface area contributed by atoms with Crippen LogP contribution in [-0.2, 0) is 26.2 Å². The summed E-state index contributed by atoms with van der Waals surface area (Å²) >= 11 is 15.8. The summed E-state index contributed by atoms with van der Waals surface area (Å²) in [6, 6.07) is 16.3. The molecular formula is C29H32BrCl2N3O5S.